The second-order valence-corrected chi connectivity index (χ2v) is 11.0. The Labute approximate surface area is 185 Å². The zero-order valence-electron chi connectivity index (χ0n) is 16.9. The molecule has 1 amide bonds. The number of aromatic nitrogens is 4. The minimum Gasteiger partial charge on any atom is -0.348 e. The van der Waals surface area contributed by atoms with Crippen LogP contribution in [-0.2, 0) is 27.4 Å². The third kappa shape index (κ3) is 3.33. The Kier molecular flexibility index (Phi) is 4.93. The van der Waals surface area contributed by atoms with E-state index in [2.05, 4.69) is 25.9 Å². The Morgan fingerprint density at radius 1 is 1.16 bits per heavy atom. The number of nitrogens with zero attached hydrogens (tertiary/aromatic N) is 4. The van der Waals surface area contributed by atoms with Crippen molar-refractivity contribution in [1.82, 2.24) is 30.8 Å². The van der Waals surface area contributed by atoms with E-state index in [4.69, 9.17) is 5.14 Å². The van der Waals surface area contributed by atoms with E-state index in [1.807, 2.05) is 11.9 Å². The lowest BCUT2D eigenvalue weighted by molar-refractivity contribution is 0.0965. The van der Waals surface area contributed by atoms with Crippen molar-refractivity contribution in [2.24, 2.45) is 5.14 Å². The van der Waals surface area contributed by atoms with Gasteiger partial charge in [-0.3, -0.25) is 9.00 Å². The number of hydrogen-bond acceptors (Lipinski definition) is 8. The van der Waals surface area contributed by atoms with Crippen LogP contribution in [0.25, 0.3) is 22.5 Å². The SMILES string of the molecule is CN1CC(S(=O)c2ccc(-c3cccc4c3CNC4=O)c(-c3nn[nH]n3)c2S(N)(=O)=O)C1. The topological polar surface area (TPSA) is 164 Å². The minimum atomic E-state index is -4.33. The van der Waals surface area contributed by atoms with Crippen molar-refractivity contribution in [3.05, 3.63) is 41.5 Å². The first-order valence-corrected chi connectivity index (χ1v) is 12.4. The number of aromatic amines is 1. The number of rotatable bonds is 5. The van der Waals surface area contributed by atoms with Crippen LogP contribution in [0.3, 0.4) is 0 Å². The molecule has 2 aliphatic heterocycles. The van der Waals surface area contributed by atoms with E-state index in [0.717, 1.165) is 5.56 Å². The number of likely N-dealkylation sites (tertiary alicyclic amines) is 1. The predicted octanol–water partition coefficient (Wildman–Crippen LogP) is -0.154. The molecule has 0 aliphatic carbocycles. The van der Waals surface area contributed by atoms with Crippen LogP contribution in [0, 0.1) is 0 Å². The Bertz CT molecular complexity index is 1370. The molecule has 0 saturated carbocycles. The zero-order chi connectivity index (χ0) is 22.6. The van der Waals surface area contributed by atoms with E-state index in [9.17, 15) is 17.4 Å². The molecule has 3 heterocycles. The van der Waals surface area contributed by atoms with Crippen molar-refractivity contribution < 1.29 is 17.4 Å². The third-order valence-corrected chi connectivity index (χ3v) is 8.46. The second kappa shape index (κ2) is 7.55. The van der Waals surface area contributed by atoms with Crippen LogP contribution in [0.1, 0.15) is 15.9 Å². The summed E-state index contributed by atoms with van der Waals surface area (Å²) in [6.07, 6.45) is 0. The molecule has 0 spiro atoms. The highest BCUT2D eigenvalue weighted by atomic mass is 32.2. The van der Waals surface area contributed by atoms with Gasteiger partial charge in [-0.2, -0.15) is 5.21 Å². The van der Waals surface area contributed by atoms with E-state index in [0.29, 0.717) is 36.3 Å². The first kappa shape index (κ1) is 20.9. The van der Waals surface area contributed by atoms with Crippen molar-refractivity contribution in [2.75, 3.05) is 20.1 Å². The number of sulfonamides is 1. The maximum atomic E-state index is 13.3. The Morgan fingerprint density at radius 2 is 1.91 bits per heavy atom. The van der Waals surface area contributed by atoms with Gasteiger partial charge >= 0.3 is 0 Å². The average Bonchev–Trinajstić information content (AvgIpc) is 3.39. The molecule has 0 radical (unpaired) electrons. The van der Waals surface area contributed by atoms with Gasteiger partial charge in [0.1, 0.15) is 4.90 Å². The summed E-state index contributed by atoms with van der Waals surface area (Å²) in [7, 11) is -4.05. The summed E-state index contributed by atoms with van der Waals surface area (Å²) in [5.41, 5.74) is 2.41. The number of carbonyl (C=O) groups excluding carboxylic acids is 1. The van der Waals surface area contributed by atoms with Gasteiger partial charge in [0.2, 0.25) is 15.8 Å². The number of H-pyrrole nitrogens is 1. The molecule has 2 aromatic carbocycles. The molecule has 1 unspecified atom stereocenters. The minimum absolute atomic E-state index is 0.00323. The van der Waals surface area contributed by atoms with Crippen LogP contribution in [-0.4, -0.2) is 69.4 Å². The average molecular weight is 474 g/mol. The van der Waals surface area contributed by atoms with Crippen molar-refractivity contribution in [3.63, 3.8) is 0 Å². The zero-order valence-corrected chi connectivity index (χ0v) is 18.5. The van der Waals surface area contributed by atoms with Crippen molar-refractivity contribution in [2.45, 2.75) is 21.6 Å². The van der Waals surface area contributed by atoms with Crippen molar-refractivity contribution >= 4 is 26.7 Å². The first-order chi connectivity index (χ1) is 15.3. The number of primary sulfonamides is 1. The fraction of sp³-hybridized carbons (Fsp3) is 0.263. The molecule has 4 N–H and O–H groups in total. The second-order valence-electron chi connectivity index (χ2n) is 7.75. The molecule has 13 heteroatoms. The van der Waals surface area contributed by atoms with Gasteiger partial charge < -0.3 is 10.2 Å². The normalized spacial score (nSPS) is 17.6. The molecule has 2 aliphatic rings. The number of nitrogens with one attached hydrogen (secondary N) is 2. The number of carbonyl (C=O) groups is 1. The summed E-state index contributed by atoms with van der Waals surface area (Å²) in [6.45, 7) is 1.45. The summed E-state index contributed by atoms with van der Waals surface area (Å²) < 4.78 is 38.9. The van der Waals surface area contributed by atoms with Gasteiger partial charge in [0.15, 0.2) is 0 Å². The molecule has 11 nitrogen and oxygen atoms in total. The van der Waals surface area contributed by atoms with Crippen LogP contribution < -0.4 is 10.5 Å². The fourth-order valence-corrected chi connectivity index (χ4v) is 7.24. The summed E-state index contributed by atoms with van der Waals surface area (Å²) >= 11 is 0. The van der Waals surface area contributed by atoms with E-state index in [1.54, 1.807) is 24.3 Å². The Morgan fingerprint density at radius 3 is 2.56 bits per heavy atom. The molecular formula is C19H19N7O4S2. The summed E-state index contributed by atoms with van der Waals surface area (Å²) in [4.78, 5) is 14.0. The highest BCUT2D eigenvalue weighted by Crippen LogP contribution is 2.41. The van der Waals surface area contributed by atoms with E-state index in [1.165, 1.54) is 6.07 Å². The summed E-state index contributed by atoms with van der Waals surface area (Å²) in [5, 5.41) is 22.1. The molecule has 166 valence electrons. The van der Waals surface area contributed by atoms with Gasteiger partial charge in [-0.05, 0) is 41.1 Å². The number of fused-ring (bicyclic) bond motifs is 1. The molecule has 1 fully saturated rings. The van der Waals surface area contributed by atoms with Gasteiger partial charge in [-0.25, -0.2) is 13.6 Å². The molecule has 5 rings (SSSR count). The standard InChI is InChI=1S/C19H19N7O4S2/c1-26-8-10(9-26)31(28)15-6-5-12(11-3-2-4-13-14(11)7-21-19(13)27)16(17(15)32(20,29)30)18-22-24-25-23-18/h2-6,10H,7-9H2,1H3,(H,21,27)(H2,20,29,30)(H,22,23,24,25). The Balaban J connectivity index is 1.81. The maximum absolute atomic E-state index is 13.3. The molecule has 3 aromatic rings. The van der Waals surface area contributed by atoms with E-state index < -0.39 is 20.8 Å². The van der Waals surface area contributed by atoms with Crippen LogP contribution >= 0.6 is 0 Å². The number of benzene rings is 2. The Hall–Kier alpha value is -3.00. The lowest BCUT2D eigenvalue weighted by atomic mass is 9.93. The van der Waals surface area contributed by atoms with Gasteiger partial charge in [0.25, 0.3) is 5.91 Å². The number of amides is 1. The van der Waals surface area contributed by atoms with Gasteiger partial charge in [0.05, 0.1) is 26.5 Å². The highest BCUT2D eigenvalue weighted by molar-refractivity contribution is 7.91. The monoisotopic (exact) mass is 473 g/mol. The van der Waals surface area contributed by atoms with Crippen LogP contribution in [0.5, 0.6) is 0 Å². The van der Waals surface area contributed by atoms with Crippen molar-refractivity contribution in [3.8, 4) is 22.5 Å². The van der Waals surface area contributed by atoms with Crippen molar-refractivity contribution in [1.29, 1.82) is 0 Å². The van der Waals surface area contributed by atoms with E-state index in [-0.39, 0.29) is 32.3 Å². The number of hydrogen-bond donors (Lipinski definition) is 3. The van der Waals surface area contributed by atoms with Gasteiger partial charge in [0, 0.05) is 25.2 Å². The molecule has 1 atom stereocenters. The number of tetrazole rings is 1. The van der Waals surface area contributed by atoms with Gasteiger partial charge in [-0.15, -0.1) is 10.2 Å². The van der Waals surface area contributed by atoms with Crippen LogP contribution in [0.4, 0.5) is 0 Å². The van der Waals surface area contributed by atoms with Crippen LogP contribution in [0.2, 0.25) is 0 Å². The fourth-order valence-electron chi connectivity index (χ4n) is 4.18. The smallest absolute Gasteiger partial charge is 0.251 e. The predicted molar refractivity (Wildman–Crippen MR) is 115 cm³/mol. The van der Waals surface area contributed by atoms with Crippen LogP contribution in [0.15, 0.2) is 40.1 Å². The maximum Gasteiger partial charge on any atom is 0.251 e. The molecule has 1 aromatic heterocycles. The quantitative estimate of drug-likeness (QED) is 0.460. The van der Waals surface area contributed by atoms with Gasteiger partial charge in [-0.1, -0.05) is 18.2 Å². The lowest BCUT2D eigenvalue weighted by Crippen LogP contribution is -2.50. The lowest BCUT2D eigenvalue weighted by Gasteiger charge is -2.35. The summed E-state index contributed by atoms with van der Waals surface area (Å²) in [5.74, 6) is -0.204. The number of nitrogens with two attached hydrogens (primary N) is 1. The highest BCUT2D eigenvalue weighted by Gasteiger charge is 2.36. The van der Waals surface area contributed by atoms with E-state index >= 15 is 0 Å². The molecule has 32 heavy (non-hydrogen) atoms. The summed E-state index contributed by atoms with van der Waals surface area (Å²) in [6, 6.07) is 8.39. The molecule has 1 saturated heterocycles. The third-order valence-electron chi connectivity index (χ3n) is 5.66. The first-order valence-electron chi connectivity index (χ1n) is 9.69. The largest absolute Gasteiger partial charge is 0.348 e. The molecule has 0 bridgehead atoms. The molecular weight excluding hydrogens is 454 g/mol.